The van der Waals surface area contributed by atoms with Crippen LogP contribution in [0, 0.1) is 0 Å². The van der Waals surface area contributed by atoms with Crippen LogP contribution in [0.2, 0.25) is 0 Å². The minimum Gasteiger partial charge on any atom is -0.481 e. The summed E-state index contributed by atoms with van der Waals surface area (Å²) in [5.41, 5.74) is -0.296. The molecule has 5 nitrogen and oxygen atoms in total. The molecule has 2 fully saturated rings. The molecule has 1 aliphatic heterocycles. The molecule has 0 bridgehead atoms. The van der Waals surface area contributed by atoms with Gasteiger partial charge in [-0.3, -0.25) is 14.4 Å². The van der Waals surface area contributed by atoms with Gasteiger partial charge in [0.15, 0.2) is 0 Å². The Balaban J connectivity index is 1.92. The summed E-state index contributed by atoms with van der Waals surface area (Å²) < 4.78 is 0. The van der Waals surface area contributed by atoms with E-state index in [-0.39, 0.29) is 24.5 Å². The number of carboxylic acid groups (broad SMARTS) is 1. The first-order valence-corrected chi connectivity index (χ1v) is 5.33. The van der Waals surface area contributed by atoms with Crippen molar-refractivity contribution in [2.45, 2.75) is 44.1 Å². The number of carbonyl (C=O) groups excluding carboxylic acids is 1. The van der Waals surface area contributed by atoms with Crippen molar-refractivity contribution in [3.05, 3.63) is 0 Å². The van der Waals surface area contributed by atoms with Crippen LogP contribution < -0.4 is 0 Å². The van der Waals surface area contributed by atoms with Crippen molar-refractivity contribution >= 4 is 11.9 Å². The average molecular weight is 213 g/mol. The summed E-state index contributed by atoms with van der Waals surface area (Å²) in [4.78, 5) is 27.5. The third kappa shape index (κ3) is 2.12. The molecule has 5 heteroatoms. The number of carboxylic acids is 1. The molecule has 2 aliphatic rings. The fraction of sp³-hybridized carbons (Fsp3) is 0.800. The maximum absolute atomic E-state index is 11.6. The summed E-state index contributed by atoms with van der Waals surface area (Å²) in [6.45, 7) is 0.163. The number of nitrogens with zero attached hydrogens (tertiary/aromatic N) is 1. The van der Waals surface area contributed by atoms with Crippen molar-refractivity contribution in [2.75, 3.05) is 6.54 Å². The van der Waals surface area contributed by atoms with Crippen LogP contribution in [0.4, 0.5) is 0 Å². The minimum absolute atomic E-state index is 0.0538. The summed E-state index contributed by atoms with van der Waals surface area (Å²) >= 11 is 0. The Morgan fingerprint density at radius 3 is 2.73 bits per heavy atom. The normalized spacial score (nSPS) is 24.0. The summed E-state index contributed by atoms with van der Waals surface area (Å²) in [7, 11) is 0. The van der Waals surface area contributed by atoms with Gasteiger partial charge in [-0.15, -0.1) is 0 Å². The van der Waals surface area contributed by atoms with E-state index in [4.69, 9.17) is 9.94 Å². The van der Waals surface area contributed by atoms with E-state index < -0.39 is 5.97 Å². The zero-order valence-electron chi connectivity index (χ0n) is 8.57. The Morgan fingerprint density at radius 1 is 1.47 bits per heavy atom. The van der Waals surface area contributed by atoms with Crippen molar-refractivity contribution < 1.29 is 19.5 Å². The zero-order chi connectivity index (χ0) is 10.9. The van der Waals surface area contributed by atoms with Crippen LogP contribution in [-0.4, -0.2) is 34.2 Å². The van der Waals surface area contributed by atoms with Gasteiger partial charge in [0.05, 0.1) is 19.4 Å². The number of hydrogen-bond acceptors (Lipinski definition) is 3. The Labute approximate surface area is 88.0 Å². The van der Waals surface area contributed by atoms with E-state index in [1.165, 1.54) is 5.06 Å². The van der Waals surface area contributed by atoms with Crippen LogP contribution in [0.15, 0.2) is 0 Å². The molecule has 15 heavy (non-hydrogen) atoms. The summed E-state index contributed by atoms with van der Waals surface area (Å²) in [5, 5.41) is 9.76. The Hall–Kier alpha value is -1.10. The predicted molar refractivity (Wildman–Crippen MR) is 50.9 cm³/mol. The molecule has 84 valence electrons. The second kappa shape index (κ2) is 3.81. The number of aliphatic carboxylic acids is 1. The molecule has 0 aromatic heterocycles. The first-order valence-electron chi connectivity index (χ1n) is 5.33. The number of amides is 1. The van der Waals surface area contributed by atoms with Gasteiger partial charge in [0.25, 0.3) is 0 Å². The average Bonchev–Trinajstić information content (AvgIpc) is 2.72. The van der Waals surface area contributed by atoms with Gasteiger partial charge in [0.1, 0.15) is 5.60 Å². The van der Waals surface area contributed by atoms with E-state index in [1.54, 1.807) is 0 Å². The highest BCUT2D eigenvalue weighted by Gasteiger charge is 2.46. The van der Waals surface area contributed by atoms with Crippen molar-refractivity contribution in [1.82, 2.24) is 5.06 Å². The molecule has 1 aliphatic carbocycles. The third-order valence-electron chi connectivity index (χ3n) is 3.10. The lowest BCUT2D eigenvalue weighted by Crippen LogP contribution is -2.29. The van der Waals surface area contributed by atoms with Crippen LogP contribution in [0.25, 0.3) is 0 Å². The highest BCUT2D eigenvalue weighted by Crippen LogP contribution is 2.41. The monoisotopic (exact) mass is 213 g/mol. The largest absolute Gasteiger partial charge is 0.481 e. The number of hydrogen-bond donors (Lipinski definition) is 1. The standard InChI is InChI=1S/C10H15NO4/c12-8-7-10(4-1-2-5-10)15-11(8)6-3-9(13)14/h1-7H2,(H,13,14). The molecule has 1 saturated heterocycles. The third-order valence-corrected chi connectivity index (χ3v) is 3.10. The van der Waals surface area contributed by atoms with E-state index >= 15 is 0 Å². The molecule has 1 spiro atoms. The van der Waals surface area contributed by atoms with Crippen molar-refractivity contribution in [1.29, 1.82) is 0 Å². The number of carbonyl (C=O) groups is 2. The van der Waals surface area contributed by atoms with Crippen molar-refractivity contribution in [3.8, 4) is 0 Å². The van der Waals surface area contributed by atoms with Gasteiger partial charge in [0, 0.05) is 0 Å². The van der Waals surface area contributed by atoms with Crippen LogP contribution in [0.3, 0.4) is 0 Å². The fourth-order valence-electron chi connectivity index (χ4n) is 2.34. The van der Waals surface area contributed by atoms with Gasteiger partial charge in [0.2, 0.25) is 5.91 Å². The van der Waals surface area contributed by atoms with E-state index in [2.05, 4.69) is 0 Å². The summed E-state index contributed by atoms with van der Waals surface area (Å²) in [5.74, 6) is -0.975. The lowest BCUT2D eigenvalue weighted by molar-refractivity contribution is -0.199. The Morgan fingerprint density at radius 2 is 2.13 bits per heavy atom. The molecule has 1 amide bonds. The van der Waals surface area contributed by atoms with Crippen LogP contribution in [0.1, 0.15) is 38.5 Å². The Kier molecular flexibility index (Phi) is 2.65. The highest BCUT2D eigenvalue weighted by molar-refractivity contribution is 5.78. The molecule has 1 saturated carbocycles. The lowest BCUT2D eigenvalue weighted by Gasteiger charge is -2.22. The molecular weight excluding hydrogens is 198 g/mol. The SMILES string of the molecule is O=C(O)CCN1OC2(CCCC2)CC1=O. The predicted octanol–water partition coefficient (Wildman–Crippen LogP) is 0.938. The van der Waals surface area contributed by atoms with Gasteiger partial charge in [-0.1, -0.05) is 12.8 Å². The van der Waals surface area contributed by atoms with Crippen molar-refractivity contribution in [3.63, 3.8) is 0 Å². The van der Waals surface area contributed by atoms with Gasteiger partial charge in [-0.2, -0.15) is 0 Å². The summed E-state index contributed by atoms with van der Waals surface area (Å²) in [6.07, 6.45) is 4.40. The Bertz CT molecular complexity index is 283. The molecule has 1 N–H and O–H groups in total. The van der Waals surface area contributed by atoms with E-state index in [0.717, 1.165) is 25.7 Å². The second-order valence-electron chi connectivity index (χ2n) is 4.30. The maximum Gasteiger partial charge on any atom is 0.305 e. The highest BCUT2D eigenvalue weighted by atomic mass is 16.7. The molecule has 2 rings (SSSR count). The lowest BCUT2D eigenvalue weighted by atomic mass is 9.99. The smallest absolute Gasteiger partial charge is 0.305 e. The number of hydroxylamine groups is 2. The van der Waals surface area contributed by atoms with Crippen LogP contribution >= 0.6 is 0 Å². The van der Waals surface area contributed by atoms with Gasteiger partial charge >= 0.3 is 5.97 Å². The van der Waals surface area contributed by atoms with Gasteiger partial charge < -0.3 is 5.11 Å². The molecule has 1 heterocycles. The first kappa shape index (κ1) is 10.4. The van der Waals surface area contributed by atoms with Gasteiger partial charge in [-0.25, -0.2) is 5.06 Å². The topological polar surface area (TPSA) is 66.8 Å². The molecule has 0 aromatic carbocycles. The second-order valence-corrected chi connectivity index (χ2v) is 4.30. The van der Waals surface area contributed by atoms with E-state index in [0.29, 0.717) is 6.42 Å². The van der Waals surface area contributed by atoms with E-state index in [9.17, 15) is 9.59 Å². The van der Waals surface area contributed by atoms with Crippen LogP contribution in [-0.2, 0) is 14.4 Å². The maximum atomic E-state index is 11.6. The molecule has 0 radical (unpaired) electrons. The first-order chi connectivity index (χ1) is 7.11. The summed E-state index contributed by atoms with van der Waals surface area (Å²) in [6, 6.07) is 0. The van der Waals surface area contributed by atoms with Crippen LogP contribution in [0.5, 0.6) is 0 Å². The molecular formula is C10H15NO4. The molecule has 0 aromatic rings. The zero-order valence-corrected chi connectivity index (χ0v) is 8.57. The van der Waals surface area contributed by atoms with Gasteiger partial charge in [-0.05, 0) is 12.8 Å². The van der Waals surface area contributed by atoms with Crippen molar-refractivity contribution in [2.24, 2.45) is 0 Å². The fourth-order valence-corrected chi connectivity index (χ4v) is 2.34. The molecule has 0 unspecified atom stereocenters. The minimum atomic E-state index is -0.904. The number of rotatable bonds is 3. The quantitative estimate of drug-likeness (QED) is 0.757. The molecule has 0 atom stereocenters. The van der Waals surface area contributed by atoms with E-state index in [1.807, 2.05) is 0 Å².